The van der Waals surface area contributed by atoms with Crippen LogP contribution >= 0.6 is 0 Å². The van der Waals surface area contributed by atoms with E-state index in [9.17, 15) is 9.59 Å². The molecule has 0 amide bonds. The Hall–Kier alpha value is -1.06. The summed E-state index contributed by atoms with van der Waals surface area (Å²) in [6.07, 6.45) is 3.82. The molecule has 0 aromatic carbocycles. The van der Waals surface area contributed by atoms with Crippen LogP contribution in [0.15, 0.2) is 0 Å². The predicted molar refractivity (Wildman–Crippen MR) is 74.9 cm³/mol. The molecule has 0 bridgehead atoms. The molecule has 0 radical (unpaired) electrons. The van der Waals surface area contributed by atoms with Gasteiger partial charge in [0.15, 0.2) is 0 Å². The third kappa shape index (κ3) is 8.62. The van der Waals surface area contributed by atoms with Gasteiger partial charge in [-0.15, -0.1) is 0 Å². The van der Waals surface area contributed by atoms with E-state index in [-0.39, 0.29) is 17.8 Å². The summed E-state index contributed by atoms with van der Waals surface area (Å²) >= 11 is 0. The molecule has 1 N–H and O–H groups in total. The van der Waals surface area contributed by atoms with Crippen LogP contribution in [0.3, 0.4) is 0 Å². The first kappa shape index (κ1) is 17.9. The van der Waals surface area contributed by atoms with Crippen molar-refractivity contribution in [2.75, 3.05) is 0 Å². The molecule has 0 rings (SSSR count). The van der Waals surface area contributed by atoms with Crippen LogP contribution in [-0.2, 0) is 14.3 Å². The van der Waals surface area contributed by atoms with E-state index in [0.29, 0.717) is 12.8 Å². The maximum absolute atomic E-state index is 11.7. The van der Waals surface area contributed by atoms with Crippen molar-refractivity contribution in [3.63, 3.8) is 0 Å². The zero-order valence-corrected chi connectivity index (χ0v) is 12.9. The number of ether oxygens (including phenoxy) is 1. The Morgan fingerprint density at radius 3 is 2.11 bits per heavy atom. The first-order valence-corrected chi connectivity index (χ1v) is 7.13. The SMILES string of the molecule is CCC(CCCCC(C)C(=O)OC(C)(C)C)C(=O)O. The van der Waals surface area contributed by atoms with E-state index in [2.05, 4.69) is 0 Å². The summed E-state index contributed by atoms with van der Waals surface area (Å²) in [6, 6.07) is 0. The molecular weight excluding hydrogens is 244 g/mol. The van der Waals surface area contributed by atoms with Gasteiger partial charge in [-0.3, -0.25) is 9.59 Å². The second-order valence-electron chi connectivity index (χ2n) is 6.16. The minimum absolute atomic E-state index is 0.121. The monoisotopic (exact) mass is 272 g/mol. The standard InChI is InChI=1S/C15H28O4/c1-6-12(13(16)17)10-8-7-9-11(2)14(18)19-15(3,4)5/h11-12H,6-10H2,1-5H3,(H,16,17). The molecule has 0 aromatic heterocycles. The summed E-state index contributed by atoms with van der Waals surface area (Å²) in [6.45, 7) is 9.33. The number of carbonyl (C=O) groups excluding carboxylic acids is 1. The van der Waals surface area contributed by atoms with Crippen LogP contribution in [0.4, 0.5) is 0 Å². The fourth-order valence-corrected chi connectivity index (χ4v) is 1.86. The van der Waals surface area contributed by atoms with E-state index in [1.807, 2.05) is 34.6 Å². The average Bonchev–Trinajstić information content (AvgIpc) is 2.25. The lowest BCUT2D eigenvalue weighted by atomic mass is 9.96. The van der Waals surface area contributed by atoms with Gasteiger partial charge in [-0.05, 0) is 40.0 Å². The zero-order chi connectivity index (χ0) is 15.1. The number of esters is 1. The Bertz CT molecular complexity index is 291. The van der Waals surface area contributed by atoms with Gasteiger partial charge in [0.1, 0.15) is 5.60 Å². The Balaban J connectivity index is 3.89. The maximum Gasteiger partial charge on any atom is 0.309 e. The van der Waals surface area contributed by atoms with Gasteiger partial charge in [0.05, 0.1) is 11.8 Å². The largest absolute Gasteiger partial charge is 0.481 e. The third-order valence-electron chi connectivity index (χ3n) is 3.09. The average molecular weight is 272 g/mol. The van der Waals surface area contributed by atoms with Crippen molar-refractivity contribution in [1.82, 2.24) is 0 Å². The molecule has 19 heavy (non-hydrogen) atoms. The van der Waals surface area contributed by atoms with Crippen LogP contribution in [0.2, 0.25) is 0 Å². The van der Waals surface area contributed by atoms with E-state index in [1.54, 1.807) is 0 Å². The molecule has 2 atom stereocenters. The fraction of sp³-hybridized carbons (Fsp3) is 0.867. The Morgan fingerprint density at radius 1 is 1.16 bits per heavy atom. The van der Waals surface area contributed by atoms with Gasteiger partial charge in [-0.2, -0.15) is 0 Å². The molecule has 0 aromatic rings. The topological polar surface area (TPSA) is 63.6 Å². The number of hydrogen-bond donors (Lipinski definition) is 1. The smallest absolute Gasteiger partial charge is 0.309 e. The summed E-state index contributed by atoms with van der Waals surface area (Å²) in [5.74, 6) is -1.26. The summed E-state index contributed by atoms with van der Waals surface area (Å²) in [7, 11) is 0. The molecule has 0 spiro atoms. The van der Waals surface area contributed by atoms with E-state index >= 15 is 0 Å². The molecule has 0 saturated heterocycles. The highest BCUT2D eigenvalue weighted by Crippen LogP contribution is 2.18. The lowest BCUT2D eigenvalue weighted by Crippen LogP contribution is -2.27. The first-order valence-electron chi connectivity index (χ1n) is 7.13. The van der Waals surface area contributed by atoms with Crippen LogP contribution in [-0.4, -0.2) is 22.6 Å². The normalized spacial score (nSPS) is 14.8. The minimum atomic E-state index is -0.720. The van der Waals surface area contributed by atoms with Crippen LogP contribution in [0, 0.1) is 11.8 Å². The highest BCUT2D eigenvalue weighted by Gasteiger charge is 2.21. The highest BCUT2D eigenvalue weighted by atomic mass is 16.6. The van der Waals surface area contributed by atoms with Gasteiger partial charge < -0.3 is 9.84 Å². The minimum Gasteiger partial charge on any atom is -0.481 e. The molecule has 2 unspecified atom stereocenters. The number of aliphatic carboxylic acids is 1. The van der Waals surface area contributed by atoms with E-state index in [4.69, 9.17) is 9.84 Å². The van der Waals surface area contributed by atoms with Gasteiger partial charge in [-0.1, -0.05) is 26.7 Å². The molecule has 112 valence electrons. The molecule has 0 saturated carbocycles. The molecular formula is C15H28O4. The second kappa shape index (κ2) is 8.18. The van der Waals surface area contributed by atoms with Crippen LogP contribution in [0.25, 0.3) is 0 Å². The van der Waals surface area contributed by atoms with Crippen molar-refractivity contribution in [2.24, 2.45) is 11.8 Å². The molecule has 4 heteroatoms. The maximum atomic E-state index is 11.7. The molecule has 0 aliphatic rings. The summed E-state index contributed by atoms with van der Waals surface area (Å²) < 4.78 is 5.30. The Kier molecular flexibility index (Phi) is 7.72. The lowest BCUT2D eigenvalue weighted by Gasteiger charge is -2.22. The molecule has 0 fully saturated rings. The number of carboxylic acids is 1. The Labute approximate surface area is 116 Å². The van der Waals surface area contributed by atoms with Gasteiger partial charge in [-0.25, -0.2) is 0 Å². The van der Waals surface area contributed by atoms with Crippen LogP contribution in [0.1, 0.15) is 66.7 Å². The van der Waals surface area contributed by atoms with E-state index in [1.165, 1.54) is 0 Å². The number of unbranched alkanes of at least 4 members (excludes halogenated alkanes) is 1. The summed E-state index contributed by atoms with van der Waals surface area (Å²) in [5.41, 5.74) is -0.443. The summed E-state index contributed by atoms with van der Waals surface area (Å²) in [5, 5.41) is 8.92. The van der Waals surface area contributed by atoms with E-state index in [0.717, 1.165) is 19.3 Å². The molecule has 0 aliphatic carbocycles. The van der Waals surface area contributed by atoms with Gasteiger partial charge in [0, 0.05) is 0 Å². The highest BCUT2D eigenvalue weighted by molar-refractivity contribution is 5.72. The fourth-order valence-electron chi connectivity index (χ4n) is 1.86. The third-order valence-corrected chi connectivity index (χ3v) is 3.09. The van der Waals surface area contributed by atoms with Gasteiger partial charge >= 0.3 is 11.9 Å². The number of hydrogen-bond acceptors (Lipinski definition) is 3. The second-order valence-corrected chi connectivity index (χ2v) is 6.16. The number of rotatable bonds is 8. The van der Waals surface area contributed by atoms with Crippen molar-refractivity contribution in [2.45, 2.75) is 72.3 Å². The summed E-state index contributed by atoms with van der Waals surface area (Å²) in [4.78, 5) is 22.6. The van der Waals surface area contributed by atoms with E-state index < -0.39 is 11.6 Å². The van der Waals surface area contributed by atoms with Crippen molar-refractivity contribution >= 4 is 11.9 Å². The van der Waals surface area contributed by atoms with Crippen LogP contribution < -0.4 is 0 Å². The molecule has 0 aliphatic heterocycles. The van der Waals surface area contributed by atoms with Crippen molar-refractivity contribution in [3.05, 3.63) is 0 Å². The first-order chi connectivity index (χ1) is 8.67. The molecule has 4 nitrogen and oxygen atoms in total. The number of carbonyl (C=O) groups is 2. The quantitative estimate of drug-likeness (QED) is 0.541. The van der Waals surface area contributed by atoms with Crippen LogP contribution in [0.5, 0.6) is 0 Å². The van der Waals surface area contributed by atoms with Gasteiger partial charge in [0.25, 0.3) is 0 Å². The molecule has 0 heterocycles. The van der Waals surface area contributed by atoms with Crippen molar-refractivity contribution in [3.8, 4) is 0 Å². The zero-order valence-electron chi connectivity index (χ0n) is 12.9. The Morgan fingerprint density at radius 2 is 1.68 bits per heavy atom. The van der Waals surface area contributed by atoms with Gasteiger partial charge in [0.2, 0.25) is 0 Å². The van der Waals surface area contributed by atoms with Crippen molar-refractivity contribution in [1.29, 1.82) is 0 Å². The number of carboxylic acid groups (broad SMARTS) is 1. The lowest BCUT2D eigenvalue weighted by molar-refractivity contribution is -0.159. The predicted octanol–water partition coefficient (Wildman–Crippen LogP) is 3.64. The van der Waals surface area contributed by atoms with Crippen molar-refractivity contribution < 1.29 is 19.4 Å².